The fourth-order valence-electron chi connectivity index (χ4n) is 1.53. The van der Waals surface area contributed by atoms with Gasteiger partial charge in [0.2, 0.25) is 0 Å². The van der Waals surface area contributed by atoms with Crippen LogP contribution in [0.15, 0.2) is 29.2 Å². The highest BCUT2D eigenvalue weighted by Gasteiger charge is 2.24. The van der Waals surface area contributed by atoms with E-state index in [0.29, 0.717) is 13.2 Å². The zero-order valence-corrected chi connectivity index (χ0v) is 10.7. The number of carbonyl (C=O) groups is 1. The Hall–Kier alpha value is -1.60. The summed E-state index contributed by atoms with van der Waals surface area (Å²) < 4.78 is 30.8. The molecule has 18 heavy (non-hydrogen) atoms. The van der Waals surface area contributed by atoms with E-state index in [1.54, 1.807) is 12.1 Å². The van der Waals surface area contributed by atoms with Crippen LogP contribution in [0.4, 0.5) is 4.79 Å². The van der Waals surface area contributed by atoms with Gasteiger partial charge in [0.1, 0.15) is 6.73 Å². The van der Waals surface area contributed by atoms with Gasteiger partial charge in [0.15, 0.2) is 0 Å². The molecule has 0 spiro atoms. The number of carbonyl (C=O) groups excluding carboxylic acids is 1. The smallest absolute Gasteiger partial charge is 0.333 e. The minimum atomic E-state index is -3.81. The highest BCUT2D eigenvalue weighted by molar-refractivity contribution is 7.90. The van der Waals surface area contributed by atoms with Crippen LogP contribution in [0.1, 0.15) is 5.56 Å². The van der Waals surface area contributed by atoms with Crippen LogP contribution in [0.5, 0.6) is 0 Å². The quantitative estimate of drug-likeness (QED) is 0.857. The molecular formula is C11H14N2O4S. The van der Waals surface area contributed by atoms with Crippen LogP contribution in [0.25, 0.3) is 0 Å². The standard InChI is InChI=1S/C11H14N2O4S/c1-9-2-4-10(5-3-9)18(15,16)12-11(14)13-6-7-17-8-13/h2-5H,6-8H2,1H3,(H,12,14). The molecule has 98 valence electrons. The zero-order chi connectivity index (χ0) is 13.2. The second-order valence-corrected chi connectivity index (χ2v) is 5.71. The first-order valence-corrected chi connectivity index (χ1v) is 6.93. The van der Waals surface area contributed by atoms with Crippen molar-refractivity contribution >= 4 is 16.1 Å². The van der Waals surface area contributed by atoms with Gasteiger partial charge in [-0.15, -0.1) is 0 Å². The van der Waals surface area contributed by atoms with Gasteiger partial charge in [-0.3, -0.25) is 4.90 Å². The van der Waals surface area contributed by atoms with E-state index in [4.69, 9.17) is 4.74 Å². The maximum absolute atomic E-state index is 11.9. The zero-order valence-electron chi connectivity index (χ0n) is 9.92. The van der Waals surface area contributed by atoms with Gasteiger partial charge in [0.05, 0.1) is 11.5 Å². The van der Waals surface area contributed by atoms with Crippen molar-refractivity contribution < 1.29 is 17.9 Å². The molecule has 0 saturated carbocycles. The van der Waals surface area contributed by atoms with E-state index in [0.717, 1.165) is 5.56 Å². The third-order valence-corrected chi connectivity index (χ3v) is 3.93. The molecule has 2 amide bonds. The maximum Gasteiger partial charge on any atom is 0.333 e. The molecule has 1 aliphatic rings. The van der Waals surface area contributed by atoms with E-state index in [9.17, 15) is 13.2 Å². The summed E-state index contributed by atoms with van der Waals surface area (Å²) in [6.45, 7) is 2.80. The Balaban J connectivity index is 2.11. The normalized spacial score (nSPS) is 15.7. The second-order valence-electron chi connectivity index (χ2n) is 4.02. The SMILES string of the molecule is Cc1ccc(S(=O)(=O)NC(=O)N2CCOC2)cc1. The Morgan fingerprint density at radius 2 is 2.00 bits per heavy atom. The first kappa shape index (κ1) is 12.8. The molecule has 7 heteroatoms. The number of nitrogens with one attached hydrogen (secondary N) is 1. The fourth-order valence-corrected chi connectivity index (χ4v) is 2.50. The van der Waals surface area contributed by atoms with Gasteiger partial charge in [-0.1, -0.05) is 17.7 Å². The predicted molar refractivity (Wildman–Crippen MR) is 64.4 cm³/mol. The van der Waals surface area contributed by atoms with Gasteiger partial charge in [-0.25, -0.2) is 17.9 Å². The van der Waals surface area contributed by atoms with E-state index in [1.165, 1.54) is 17.0 Å². The topological polar surface area (TPSA) is 75.7 Å². The summed E-state index contributed by atoms with van der Waals surface area (Å²) >= 11 is 0. The lowest BCUT2D eigenvalue weighted by Crippen LogP contribution is -2.41. The lowest BCUT2D eigenvalue weighted by atomic mass is 10.2. The van der Waals surface area contributed by atoms with E-state index >= 15 is 0 Å². The maximum atomic E-state index is 11.9. The molecule has 1 N–H and O–H groups in total. The molecule has 0 radical (unpaired) electrons. The van der Waals surface area contributed by atoms with Gasteiger partial charge < -0.3 is 4.74 Å². The van der Waals surface area contributed by atoms with Gasteiger partial charge >= 0.3 is 6.03 Å². The Morgan fingerprint density at radius 1 is 1.33 bits per heavy atom. The summed E-state index contributed by atoms with van der Waals surface area (Å²) in [7, 11) is -3.81. The van der Waals surface area contributed by atoms with Crippen LogP contribution in [0.3, 0.4) is 0 Å². The highest BCUT2D eigenvalue weighted by atomic mass is 32.2. The third kappa shape index (κ3) is 2.80. The summed E-state index contributed by atoms with van der Waals surface area (Å²) in [5, 5.41) is 0. The van der Waals surface area contributed by atoms with Crippen LogP contribution < -0.4 is 4.72 Å². The van der Waals surface area contributed by atoms with Crippen molar-refractivity contribution in [2.24, 2.45) is 0 Å². The molecule has 1 saturated heterocycles. The van der Waals surface area contributed by atoms with Gasteiger partial charge in [-0.05, 0) is 19.1 Å². The summed E-state index contributed by atoms with van der Waals surface area (Å²) in [5.74, 6) is 0. The van der Waals surface area contributed by atoms with Crippen molar-refractivity contribution in [1.29, 1.82) is 0 Å². The highest BCUT2D eigenvalue weighted by Crippen LogP contribution is 2.10. The van der Waals surface area contributed by atoms with E-state index in [1.807, 2.05) is 11.6 Å². The van der Waals surface area contributed by atoms with Crippen LogP contribution in [-0.2, 0) is 14.8 Å². The molecule has 1 aromatic rings. The predicted octanol–water partition coefficient (Wildman–Crippen LogP) is 0.683. The molecule has 1 aromatic carbocycles. The molecule has 1 heterocycles. The van der Waals surface area contributed by atoms with Crippen LogP contribution in [0, 0.1) is 6.92 Å². The number of benzene rings is 1. The first-order chi connectivity index (χ1) is 8.49. The molecule has 0 aromatic heterocycles. The summed E-state index contributed by atoms with van der Waals surface area (Å²) in [5.41, 5.74) is 0.952. The summed E-state index contributed by atoms with van der Waals surface area (Å²) in [4.78, 5) is 13.0. The number of hydrogen-bond acceptors (Lipinski definition) is 4. The summed E-state index contributed by atoms with van der Waals surface area (Å²) in [6, 6.07) is 5.63. The number of nitrogens with zero attached hydrogens (tertiary/aromatic N) is 1. The monoisotopic (exact) mass is 270 g/mol. The van der Waals surface area contributed by atoms with Gasteiger partial charge in [0, 0.05) is 6.54 Å². The number of aryl methyl sites for hydroxylation is 1. The Morgan fingerprint density at radius 3 is 2.56 bits per heavy atom. The van der Waals surface area contributed by atoms with E-state index in [-0.39, 0.29) is 11.6 Å². The van der Waals surface area contributed by atoms with E-state index in [2.05, 4.69) is 0 Å². The second kappa shape index (κ2) is 4.95. The summed E-state index contributed by atoms with van der Waals surface area (Å²) in [6.07, 6.45) is 0. The molecule has 0 atom stereocenters. The van der Waals surface area contributed by atoms with Crippen LogP contribution in [-0.4, -0.2) is 39.2 Å². The van der Waals surface area contributed by atoms with Crippen LogP contribution in [0.2, 0.25) is 0 Å². The number of sulfonamides is 1. The van der Waals surface area contributed by atoms with Crippen molar-refractivity contribution in [3.05, 3.63) is 29.8 Å². The number of urea groups is 1. The van der Waals surface area contributed by atoms with E-state index < -0.39 is 16.1 Å². The van der Waals surface area contributed by atoms with Gasteiger partial charge in [0.25, 0.3) is 10.0 Å². The number of ether oxygens (including phenoxy) is 1. The van der Waals surface area contributed by atoms with Crippen molar-refractivity contribution in [2.45, 2.75) is 11.8 Å². The lowest BCUT2D eigenvalue weighted by Gasteiger charge is -2.14. The Kier molecular flexibility index (Phi) is 3.53. The fraction of sp³-hybridized carbons (Fsp3) is 0.364. The first-order valence-electron chi connectivity index (χ1n) is 5.45. The molecule has 2 rings (SSSR count). The molecule has 0 bridgehead atoms. The molecule has 0 unspecified atom stereocenters. The average molecular weight is 270 g/mol. The minimum Gasteiger partial charge on any atom is -0.359 e. The van der Waals surface area contributed by atoms with Gasteiger partial charge in [-0.2, -0.15) is 0 Å². The van der Waals surface area contributed by atoms with Crippen molar-refractivity contribution in [2.75, 3.05) is 19.9 Å². The molecule has 6 nitrogen and oxygen atoms in total. The number of amides is 2. The van der Waals surface area contributed by atoms with Crippen LogP contribution >= 0.6 is 0 Å². The Bertz CT molecular complexity index is 533. The number of rotatable bonds is 2. The molecule has 0 aliphatic carbocycles. The molecule has 1 fully saturated rings. The molecule has 1 aliphatic heterocycles. The average Bonchev–Trinajstić information content (AvgIpc) is 2.82. The minimum absolute atomic E-state index is 0.0709. The van der Waals surface area contributed by atoms with Crippen molar-refractivity contribution in [1.82, 2.24) is 9.62 Å². The largest absolute Gasteiger partial charge is 0.359 e. The molecular weight excluding hydrogens is 256 g/mol. The Labute approximate surface area is 106 Å². The lowest BCUT2D eigenvalue weighted by molar-refractivity contribution is 0.146. The van der Waals surface area contributed by atoms with Crippen molar-refractivity contribution in [3.63, 3.8) is 0 Å². The van der Waals surface area contributed by atoms with Crippen molar-refractivity contribution in [3.8, 4) is 0 Å². The third-order valence-electron chi connectivity index (χ3n) is 2.59. The number of hydrogen-bond donors (Lipinski definition) is 1.